The molecule has 1 N–H and O–H groups in total. The zero-order valence-corrected chi connectivity index (χ0v) is 15.7. The van der Waals surface area contributed by atoms with Gasteiger partial charge in [-0.05, 0) is 43.4 Å². The Hall–Kier alpha value is -2.25. The molecular weight excluding hydrogens is 348 g/mol. The lowest BCUT2D eigenvalue weighted by molar-refractivity contribution is 0.399. The zero-order chi connectivity index (χ0) is 18.4. The Morgan fingerprint density at radius 3 is 2.46 bits per heavy atom. The van der Waals surface area contributed by atoms with Crippen LogP contribution in [-0.4, -0.2) is 38.0 Å². The van der Waals surface area contributed by atoms with E-state index in [2.05, 4.69) is 19.6 Å². The van der Waals surface area contributed by atoms with E-state index in [0.29, 0.717) is 12.5 Å². The molecule has 2 heterocycles. The summed E-state index contributed by atoms with van der Waals surface area (Å²) in [5, 5.41) is 1.24. The number of benzene rings is 1. The lowest BCUT2D eigenvalue weighted by atomic mass is 9.97. The van der Waals surface area contributed by atoms with Crippen LogP contribution in [0.5, 0.6) is 0 Å². The van der Waals surface area contributed by atoms with Gasteiger partial charge in [0.2, 0.25) is 16.0 Å². The van der Waals surface area contributed by atoms with Crippen molar-refractivity contribution < 1.29 is 8.42 Å². The Morgan fingerprint density at radius 1 is 1.15 bits per heavy atom. The second-order valence-electron chi connectivity index (χ2n) is 6.59. The van der Waals surface area contributed by atoms with Gasteiger partial charge >= 0.3 is 0 Å². The van der Waals surface area contributed by atoms with E-state index < -0.39 is 10.0 Å². The first kappa shape index (κ1) is 18.5. The normalized spacial score (nSPS) is 16.3. The van der Waals surface area contributed by atoms with E-state index in [9.17, 15) is 8.42 Å². The van der Waals surface area contributed by atoms with Gasteiger partial charge in [0.25, 0.3) is 0 Å². The van der Waals surface area contributed by atoms with E-state index in [1.54, 1.807) is 24.5 Å². The number of aryl methyl sites for hydroxylation is 1. The highest BCUT2D eigenvalue weighted by atomic mass is 32.2. The van der Waals surface area contributed by atoms with Crippen molar-refractivity contribution in [2.75, 3.05) is 24.5 Å². The van der Waals surface area contributed by atoms with Crippen molar-refractivity contribution >= 4 is 22.0 Å². The molecule has 1 fully saturated rings. The van der Waals surface area contributed by atoms with Crippen molar-refractivity contribution in [3.63, 3.8) is 0 Å². The molecule has 3 rings (SSSR count). The van der Waals surface area contributed by atoms with Crippen LogP contribution in [-0.2, 0) is 10.0 Å². The van der Waals surface area contributed by atoms with E-state index in [1.165, 1.54) is 5.41 Å². The fraction of sp³-hybridized carbons (Fsp3) is 0.368. The Labute approximate surface area is 155 Å². The molecule has 6 nitrogen and oxygen atoms in total. The molecule has 2 aromatic rings. The Morgan fingerprint density at radius 2 is 1.81 bits per heavy atom. The SMILES string of the molecule is Cc1ccc(/C=C/S(=O)(=O)NCC2CCN(c3ncccn3)CC2)cc1. The highest BCUT2D eigenvalue weighted by Gasteiger charge is 2.21. The molecule has 7 heteroatoms. The first-order valence-corrected chi connectivity index (χ1v) is 10.3. The third-order valence-corrected chi connectivity index (χ3v) is 5.60. The molecule has 0 bridgehead atoms. The van der Waals surface area contributed by atoms with E-state index in [-0.39, 0.29) is 0 Å². The molecule has 26 heavy (non-hydrogen) atoms. The van der Waals surface area contributed by atoms with Gasteiger partial charge in [0.05, 0.1) is 0 Å². The summed E-state index contributed by atoms with van der Waals surface area (Å²) in [6.45, 7) is 4.15. The largest absolute Gasteiger partial charge is 0.341 e. The molecule has 0 radical (unpaired) electrons. The molecule has 0 aliphatic carbocycles. The second-order valence-corrected chi connectivity index (χ2v) is 8.24. The van der Waals surface area contributed by atoms with E-state index in [4.69, 9.17) is 0 Å². The van der Waals surface area contributed by atoms with Crippen LogP contribution in [0, 0.1) is 12.8 Å². The van der Waals surface area contributed by atoms with Gasteiger partial charge in [0.15, 0.2) is 0 Å². The molecule has 0 saturated carbocycles. The van der Waals surface area contributed by atoms with Crippen LogP contribution in [0.15, 0.2) is 48.1 Å². The summed E-state index contributed by atoms with van der Waals surface area (Å²) in [7, 11) is -3.42. The van der Waals surface area contributed by atoms with Crippen LogP contribution in [0.25, 0.3) is 6.08 Å². The van der Waals surface area contributed by atoms with Crippen LogP contribution < -0.4 is 9.62 Å². The van der Waals surface area contributed by atoms with Gasteiger partial charge in [-0.25, -0.2) is 23.1 Å². The predicted molar refractivity (Wildman–Crippen MR) is 104 cm³/mol. The average molecular weight is 372 g/mol. The Kier molecular flexibility index (Phi) is 6.00. The smallest absolute Gasteiger partial charge is 0.233 e. The highest BCUT2D eigenvalue weighted by molar-refractivity contribution is 7.92. The second kappa shape index (κ2) is 8.42. The molecule has 138 valence electrons. The maximum Gasteiger partial charge on any atom is 0.233 e. The van der Waals surface area contributed by atoms with Crippen molar-refractivity contribution in [3.8, 4) is 0 Å². The monoisotopic (exact) mass is 372 g/mol. The van der Waals surface area contributed by atoms with Crippen molar-refractivity contribution in [1.82, 2.24) is 14.7 Å². The minimum absolute atomic E-state index is 0.331. The summed E-state index contributed by atoms with van der Waals surface area (Å²) in [6.07, 6.45) is 6.94. The quantitative estimate of drug-likeness (QED) is 0.844. The van der Waals surface area contributed by atoms with E-state index in [1.807, 2.05) is 31.2 Å². The summed E-state index contributed by atoms with van der Waals surface area (Å²) in [5.41, 5.74) is 2.02. The number of hydrogen-bond donors (Lipinski definition) is 1. The molecule has 1 saturated heterocycles. The maximum atomic E-state index is 12.2. The number of sulfonamides is 1. The number of piperidine rings is 1. The van der Waals surface area contributed by atoms with Crippen LogP contribution in [0.4, 0.5) is 5.95 Å². The molecule has 0 amide bonds. The molecular formula is C19H24N4O2S. The third kappa shape index (κ3) is 5.37. The number of hydrogen-bond acceptors (Lipinski definition) is 5. The van der Waals surface area contributed by atoms with E-state index >= 15 is 0 Å². The van der Waals surface area contributed by atoms with Gasteiger partial charge in [0.1, 0.15) is 0 Å². The molecule has 0 unspecified atom stereocenters. The Balaban J connectivity index is 1.47. The molecule has 1 aliphatic heterocycles. The van der Waals surface area contributed by atoms with Crippen molar-refractivity contribution in [2.24, 2.45) is 5.92 Å². The molecule has 0 spiro atoms. The number of nitrogens with zero attached hydrogens (tertiary/aromatic N) is 3. The maximum absolute atomic E-state index is 12.2. The number of rotatable bonds is 6. The minimum atomic E-state index is -3.42. The summed E-state index contributed by atoms with van der Waals surface area (Å²) in [6, 6.07) is 9.54. The molecule has 0 atom stereocenters. The Bertz CT molecular complexity index is 828. The standard InChI is InChI=1S/C19H24N4O2S/c1-16-3-5-17(6-4-16)9-14-26(24,25)22-15-18-7-12-23(13-8-18)19-20-10-2-11-21-19/h2-6,9-11,14,18,22H,7-8,12-13,15H2,1H3/b14-9+. The fourth-order valence-corrected chi connectivity index (χ4v) is 3.82. The fourth-order valence-electron chi connectivity index (χ4n) is 2.92. The number of anilines is 1. The first-order chi connectivity index (χ1) is 12.5. The molecule has 1 aliphatic rings. The van der Waals surface area contributed by atoms with Crippen LogP contribution in [0.2, 0.25) is 0 Å². The average Bonchev–Trinajstić information content (AvgIpc) is 2.67. The van der Waals surface area contributed by atoms with Crippen molar-refractivity contribution in [1.29, 1.82) is 0 Å². The summed E-state index contributed by atoms with van der Waals surface area (Å²) in [5.74, 6) is 1.07. The van der Waals surface area contributed by atoms with E-state index in [0.717, 1.165) is 43.0 Å². The van der Waals surface area contributed by atoms with Gasteiger partial charge in [-0.1, -0.05) is 29.8 Å². The summed E-state index contributed by atoms with van der Waals surface area (Å²) >= 11 is 0. The third-order valence-electron chi connectivity index (χ3n) is 4.54. The lowest BCUT2D eigenvalue weighted by Gasteiger charge is -2.31. The van der Waals surface area contributed by atoms with Gasteiger partial charge in [-0.2, -0.15) is 0 Å². The van der Waals surface area contributed by atoms with Gasteiger partial charge in [0, 0.05) is 37.4 Å². The van der Waals surface area contributed by atoms with Crippen LogP contribution in [0.3, 0.4) is 0 Å². The zero-order valence-electron chi connectivity index (χ0n) is 14.9. The number of nitrogens with one attached hydrogen (secondary N) is 1. The van der Waals surface area contributed by atoms with Crippen molar-refractivity contribution in [2.45, 2.75) is 19.8 Å². The summed E-state index contributed by atoms with van der Waals surface area (Å²) in [4.78, 5) is 10.7. The highest BCUT2D eigenvalue weighted by Crippen LogP contribution is 2.19. The van der Waals surface area contributed by atoms with Gasteiger partial charge in [-0.3, -0.25) is 0 Å². The van der Waals surface area contributed by atoms with Gasteiger partial charge in [-0.15, -0.1) is 0 Å². The lowest BCUT2D eigenvalue weighted by Crippen LogP contribution is -2.39. The summed E-state index contributed by atoms with van der Waals surface area (Å²) < 4.78 is 27.0. The minimum Gasteiger partial charge on any atom is -0.341 e. The molecule has 1 aromatic heterocycles. The molecule has 1 aromatic carbocycles. The van der Waals surface area contributed by atoms with Gasteiger partial charge < -0.3 is 4.90 Å². The van der Waals surface area contributed by atoms with Crippen molar-refractivity contribution in [3.05, 3.63) is 59.3 Å². The first-order valence-electron chi connectivity index (χ1n) is 8.78. The predicted octanol–water partition coefficient (Wildman–Crippen LogP) is 2.59. The topological polar surface area (TPSA) is 75.2 Å². The number of aromatic nitrogens is 2. The van der Waals surface area contributed by atoms with Crippen LogP contribution in [0.1, 0.15) is 24.0 Å². The van der Waals surface area contributed by atoms with Crippen LogP contribution >= 0.6 is 0 Å².